The number of nitrogens with one attached hydrogen (secondary N) is 2. The maximum atomic E-state index is 5.90. The fourth-order valence-electron chi connectivity index (χ4n) is 3.20. The van der Waals surface area contributed by atoms with Crippen LogP contribution >= 0.6 is 0 Å². The van der Waals surface area contributed by atoms with Gasteiger partial charge in [-0.15, -0.1) is 0 Å². The highest BCUT2D eigenvalue weighted by atomic mass is 16.5. The summed E-state index contributed by atoms with van der Waals surface area (Å²) >= 11 is 0. The normalized spacial score (nSPS) is 13.7. The lowest BCUT2D eigenvalue weighted by Crippen LogP contribution is -2.24. The Balaban J connectivity index is 1.27. The second kappa shape index (κ2) is 7.75. The quantitative estimate of drug-likeness (QED) is 0.462. The molecule has 0 atom stereocenters. The molecule has 2 aromatic heterocycles. The fraction of sp³-hybridized carbons (Fsp3) is 0.174. The van der Waals surface area contributed by atoms with Gasteiger partial charge in [0.25, 0.3) is 0 Å². The predicted octanol–water partition coefficient (Wildman–Crippen LogP) is 5.44. The Hall–Kier alpha value is -3.67. The summed E-state index contributed by atoms with van der Waals surface area (Å²) in [4.78, 5) is 13.3. The molecule has 1 saturated carbocycles. The largest absolute Gasteiger partial charge is 0.490 e. The molecule has 6 nitrogen and oxygen atoms in total. The maximum Gasteiger partial charge on any atom is 0.229 e. The van der Waals surface area contributed by atoms with Crippen molar-refractivity contribution in [3.05, 3.63) is 73.1 Å². The van der Waals surface area contributed by atoms with Crippen LogP contribution in [0.15, 0.2) is 73.1 Å². The van der Waals surface area contributed by atoms with Gasteiger partial charge in [0.1, 0.15) is 11.6 Å². The molecular formula is C23H21N5O. The predicted molar refractivity (Wildman–Crippen MR) is 115 cm³/mol. The molecule has 0 amide bonds. The van der Waals surface area contributed by atoms with Crippen molar-refractivity contribution in [1.29, 1.82) is 0 Å². The average Bonchev–Trinajstić information content (AvgIpc) is 2.72. The third-order valence-electron chi connectivity index (χ3n) is 4.98. The monoisotopic (exact) mass is 383 g/mol. The first-order valence-electron chi connectivity index (χ1n) is 9.80. The molecule has 2 heterocycles. The van der Waals surface area contributed by atoms with Crippen molar-refractivity contribution in [1.82, 2.24) is 15.0 Å². The number of nitrogens with zero attached hydrogens (tertiary/aromatic N) is 3. The Kier molecular flexibility index (Phi) is 4.66. The Labute approximate surface area is 169 Å². The van der Waals surface area contributed by atoms with E-state index in [0.717, 1.165) is 40.9 Å². The second-order valence-electron chi connectivity index (χ2n) is 7.13. The highest BCUT2D eigenvalue weighted by molar-refractivity contribution is 5.82. The van der Waals surface area contributed by atoms with E-state index in [2.05, 4.69) is 31.7 Å². The van der Waals surface area contributed by atoms with Gasteiger partial charge < -0.3 is 15.4 Å². The molecular weight excluding hydrogens is 362 g/mol. The number of benzene rings is 2. The zero-order valence-electron chi connectivity index (χ0n) is 15.9. The van der Waals surface area contributed by atoms with Crippen LogP contribution < -0.4 is 15.4 Å². The number of fused-ring (bicyclic) bond motifs is 1. The van der Waals surface area contributed by atoms with Crippen molar-refractivity contribution in [3.63, 3.8) is 0 Å². The summed E-state index contributed by atoms with van der Waals surface area (Å²) in [7, 11) is 0. The lowest BCUT2D eigenvalue weighted by molar-refractivity contribution is 0.120. The molecule has 5 rings (SSSR count). The fourth-order valence-corrected chi connectivity index (χ4v) is 3.20. The molecule has 0 aliphatic heterocycles. The van der Waals surface area contributed by atoms with E-state index in [-0.39, 0.29) is 0 Å². The third kappa shape index (κ3) is 4.11. The van der Waals surface area contributed by atoms with Crippen LogP contribution in [0.1, 0.15) is 19.3 Å². The van der Waals surface area contributed by atoms with E-state index in [1.165, 1.54) is 6.42 Å². The summed E-state index contributed by atoms with van der Waals surface area (Å²) in [5, 5.41) is 7.60. The molecule has 1 aliphatic rings. The Bertz CT molecular complexity index is 1130. The van der Waals surface area contributed by atoms with Gasteiger partial charge in [0.2, 0.25) is 5.95 Å². The number of aromatic nitrogens is 3. The van der Waals surface area contributed by atoms with E-state index < -0.39 is 0 Å². The second-order valence-corrected chi connectivity index (χ2v) is 7.13. The van der Waals surface area contributed by atoms with E-state index in [9.17, 15) is 0 Å². The Morgan fingerprint density at radius 2 is 1.72 bits per heavy atom. The number of rotatable bonds is 6. The number of anilines is 4. The average molecular weight is 383 g/mol. The van der Waals surface area contributed by atoms with E-state index >= 15 is 0 Å². The number of hydrogen-bond acceptors (Lipinski definition) is 6. The topological polar surface area (TPSA) is 72.0 Å². The van der Waals surface area contributed by atoms with Crippen molar-refractivity contribution in [2.45, 2.75) is 25.4 Å². The van der Waals surface area contributed by atoms with Crippen LogP contribution in [-0.4, -0.2) is 21.1 Å². The SMILES string of the molecule is c1ccc2ncc(Nc3ccnc(Nc4ccc(OC5CCC5)cc4)n3)cc2c1. The van der Waals surface area contributed by atoms with Crippen molar-refractivity contribution >= 4 is 34.0 Å². The van der Waals surface area contributed by atoms with Gasteiger partial charge in [-0.05, 0) is 61.7 Å². The van der Waals surface area contributed by atoms with E-state index in [1.807, 2.05) is 54.6 Å². The zero-order valence-corrected chi connectivity index (χ0v) is 15.9. The van der Waals surface area contributed by atoms with Crippen LogP contribution in [0.3, 0.4) is 0 Å². The summed E-state index contributed by atoms with van der Waals surface area (Å²) in [5.41, 5.74) is 2.76. The number of pyridine rings is 1. The molecule has 1 fully saturated rings. The molecule has 0 saturated heterocycles. The first-order chi connectivity index (χ1) is 14.3. The summed E-state index contributed by atoms with van der Waals surface area (Å²) in [6.45, 7) is 0. The number of para-hydroxylation sites is 1. The van der Waals surface area contributed by atoms with Crippen molar-refractivity contribution < 1.29 is 4.74 Å². The van der Waals surface area contributed by atoms with Gasteiger partial charge in [-0.25, -0.2) is 4.98 Å². The summed E-state index contributed by atoms with van der Waals surface area (Å²) < 4.78 is 5.90. The summed E-state index contributed by atoms with van der Waals surface area (Å²) in [6, 6.07) is 19.8. The minimum absolute atomic E-state index is 0.379. The Morgan fingerprint density at radius 3 is 2.55 bits per heavy atom. The van der Waals surface area contributed by atoms with Crippen molar-refractivity contribution in [3.8, 4) is 5.75 Å². The van der Waals surface area contributed by atoms with Gasteiger partial charge in [0, 0.05) is 17.3 Å². The molecule has 0 bridgehead atoms. The molecule has 2 N–H and O–H groups in total. The van der Waals surface area contributed by atoms with Crippen molar-refractivity contribution in [2.24, 2.45) is 0 Å². The van der Waals surface area contributed by atoms with Crippen LogP contribution in [0.4, 0.5) is 23.1 Å². The van der Waals surface area contributed by atoms with E-state index in [1.54, 1.807) is 12.4 Å². The van der Waals surface area contributed by atoms with Gasteiger partial charge in [0.05, 0.1) is 23.5 Å². The number of hydrogen-bond donors (Lipinski definition) is 2. The highest BCUT2D eigenvalue weighted by Gasteiger charge is 2.18. The van der Waals surface area contributed by atoms with Crippen LogP contribution in [0.2, 0.25) is 0 Å². The molecule has 0 spiro atoms. The lowest BCUT2D eigenvalue weighted by atomic mass is 9.96. The molecule has 6 heteroatoms. The minimum atomic E-state index is 0.379. The van der Waals surface area contributed by atoms with Gasteiger partial charge >= 0.3 is 0 Å². The first-order valence-corrected chi connectivity index (χ1v) is 9.80. The van der Waals surface area contributed by atoms with Crippen LogP contribution in [-0.2, 0) is 0 Å². The lowest BCUT2D eigenvalue weighted by Gasteiger charge is -2.26. The first kappa shape index (κ1) is 17.4. The van der Waals surface area contributed by atoms with Crippen LogP contribution in [0.25, 0.3) is 10.9 Å². The van der Waals surface area contributed by atoms with Gasteiger partial charge in [-0.1, -0.05) is 18.2 Å². The van der Waals surface area contributed by atoms with Gasteiger partial charge in [0.15, 0.2) is 0 Å². The third-order valence-corrected chi connectivity index (χ3v) is 4.98. The molecule has 4 aromatic rings. The van der Waals surface area contributed by atoms with Gasteiger partial charge in [-0.2, -0.15) is 4.98 Å². The zero-order chi connectivity index (χ0) is 19.5. The van der Waals surface area contributed by atoms with Gasteiger partial charge in [-0.3, -0.25) is 4.98 Å². The molecule has 144 valence electrons. The highest BCUT2D eigenvalue weighted by Crippen LogP contribution is 2.26. The summed E-state index contributed by atoms with van der Waals surface area (Å²) in [6.07, 6.45) is 7.48. The van der Waals surface area contributed by atoms with E-state index in [0.29, 0.717) is 17.9 Å². The molecule has 2 aromatic carbocycles. The molecule has 1 aliphatic carbocycles. The van der Waals surface area contributed by atoms with E-state index in [4.69, 9.17) is 4.74 Å². The molecule has 0 radical (unpaired) electrons. The number of ether oxygens (including phenoxy) is 1. The minimum Gasteiger partial charge on any atom is -0.490 e. The Morgan fingerprint density at radius 1 is 0.862 bits per heavy atom. The van der Waals surface area contributed by atoms with Crippen molar-refractivity contribution in [2.75, 3.05) is 10.6 Å². The van der Waals surface area contributed by atoms with Crippen LogP contribution in [0, 0.1) is 0 Å². The molecule has 29 heavy (non-hydrogen) atoms. The standard InChI is InChI=1S/C23H21N5O/c1-2-7-21-16(4-1)14-18(15-25-21)26-22-12-13-24-23(28-22)27-17-8-10-20(11-9-17)29-19-5-3-6-19/h1-2,4,7-15,19H,3,5-6H2,(H2,24,26,27,28). The molecule has 0 unspecified atom stereocenters. The van der Waals surface area contributed by atoms with Crippen LogP contribution in [0.5, 0.6) is 5.75 Å². The maximum absolute atomic E-state index is 5.90. The summed E-state index contributed by atoms with van der Waals surface area (Å²) in [5.74, 6) is 2.13. The smallest absolute Gasteiger partial charge is 0.229 e.